The van der Waals surface area contributed by atoms with E-state index < -0.39 is 0 Å². The van der Waals surface area contributed by atoms with Gasteiger partial charge in [0.05, 0.1) is 6.54 Å². The first-order valence-electron chi connectivity index (χ1n) is 4.12. The van der Waals surface area contributed by atoms with E-state index in [9.17, 15) is 0 Å². The van der Waals surface area contributed by atoms with E-state index in [0.717, 1.165) is 5.82 Å². The van der Waals surface area contributed by atoms with Crippen LogP contribution in [0.5, 0.6) is 0 Å². The second-order valence-electron chi connectivity index (χ2n) is 2.84. The Morgan fingerprint density at radius 2 is 2.36 bits per heavy atom. The minimum atomic E-state index is 0.306. The van der Waals surface area contributed by atoms with Gasteiger partial charge in [-0.2, -0.15) is 5.10 Å². The van der Waals surface area contributed by atoms with Crippen LogP contribution in [0, 0.1) is 0 Å². The molecule has 2 aromatic rings. The number of nitrogen functional groups attached to an aromatic ring is 1. The van der Waals surface area contributed by atoms with Crippen molar-refractivity contribution >= 4 is 5.95 Å². The lowest BCUT2D eigenvalue weighted by atomic mass is 10.4. The van der Waals surface area contributed by atoms with Gasteiger partial charge >= 0.3 is 0 Å². The molecule has 2 N–H and O–H groups in total. The van der Waals surface area contributed by atoms with Crippen LogP contribution in [-0.4, -0.2) is 35.0 Å². The second-order valence-corrected chi connectivity index (χ2v) is 2.84. The third-order valence-electron chi connectivity index (χ3n) is 1.75. The van der Waals surface area contributed by atoms with Crippen molar-refractivity contribution < 1.29 is 0 Å². The lowest BCUT2D eigenvalue weighted by molar-refractivity contribution is 0.580. The molecule has 0 bridgehead atoms. The fourth-order valence-electron chi connectivity index (χ4n) is 1.08. The first kappa shape index (κ1) is 8.60. The summed E-state index contributed by atoms with van der Waals surface area (Å²) in [5.41, 5.74) is 5.49. The van der Waals surface area contributed by atoms with Crippen molar-refractivity contribution in [3.05, 3.63) is 12.2 Å². The van der Waals surface area contributed by atoms with E-state index >= 15 is 0 Å². The summed E-state index contributed by atoms with van der Waals surface area (Å²) in [5.74, 6) is 1.06. The standard InChI is InChI=1S/C6H10N8/c1-13-4-8-5(10-13)2-3-14-6(7)9-11-12-14/h4H,2-3H2,1H3,(H2,7,9,12). The molecule has 0 unspecified atom stereocenters. The highest BCUT2D eigenvalue weighted by atomic mass is 15.6. The van der Waals surface area contributed by atoms with Crippen LogP contribution in [0.2, 0.25) is 0 Å². The number of hydrogen-bond donors (Lipinski definition) is 1. The summed E-state index contributed by atoms with van der Waals surface area (Å²) in [6.45, 7) is 0.586. The Labute approximate surface area is 79.7 Å². The first-order chi connectivity index (χ1) is 6.75. The highest BCUT2D eigenvalue weighted by Gasteiger charge is 2.03. The van der Waals surface area contributed by atoms with Gasteiger partial charge in [0.1, 0.15) is 6.33 Å². The number of nitrogens with two attached hydrogens (primary N) is 1. The van der Waals surface area contributed by atoms with Gasteiger partial charge in [-0.25, -0.2) is 9.67 Å². The monoisotopic (exact) mass is 194 g/mol. The lowest BCUT2D eigenvalue weighted by Gasteiger charge is -1.97. The molecule has 2 rings (SSSR count). The number of hydrogen-bond acceptors (Lipinski definition) is 6. The maximum Gasteiger partial charge on any atom is 0.240 e. The van der Waals surface area contributed by atoms with E-state index in [1.807, 2.05) is 7.05 Å². The van der Waals surface area contributed by atoms with Crippen molar-refractivity contribution in [1.82, 2.24) is 35.0 Å². The molecular formula is C6H10N8. The van der Waals surface area contributed by atoms with Crippen molar-refractivity contribution in [2.75, 3.05) is 5.73 Å². The Hall–Kier alpha value is -1.99. The molecule has 0 atom stereocenters. The van der Waals surface area contributed by atoms with Gasteiger partial charge in [0.2, 0.25) is 5.95 Å². The van der Waals surface area contributed by atoms with Gasteiger partial charge in [0, 0.05) is 13.5 Å². The summed E-state index contributed by atoms with van der Waals surface area (Å²) in [7, 11) is 1.82. The van der Waals surface area contributed by atoms with Crippen molar-refractivity contribution in [2.45, 2.75) is 13.0 Å². The van der Waals surface area contributed by atoms with Gasteiger partial charge in [-0.15, -0.1) is 0 Å². The number of aromatic nitrogens is 7. The second kappa shape index (κ2) is 3.40. The van der Waals surface area contributed by atoms with Crippen LogP contribution in [0.15, 0.2) is 6.33 Å². The predicted octanol–water partition coefficient (Wildman–Crippen LogP) is -1.37. The molecule has 8 nitrogen and oxygen atoms in total. The van der Waals surface area contributed by atoms with Crippen molar-refractivity contribution in [2.24, 2.45) is 7.05 Å². The van der Waals surface area contributed by atoms with Gasteiger partial charge < -0.3 is 5.73 Å². The van der Waals surface area contributed by atoms with Crippen LogP contribution in [0.1, 0.15) is 5.82 Å². The molecule has 8 heteroatoms. The summed E-state index contributed by atoms with van der Waals surface area (Å²) in [6.07, 6.45) is 2.31. The molecule has 0 aliphatic rings. The van der Waals surface area contributed by atoms with Crippen LogP contribution in [0.3, 0.4) is 0 Å². The summed E-state index contributed by atoms with van der Waals surface area (Å²) in [5, 5.41) is 14.8. The van der Waals surface area contributed by atoms with Gasteiger partial charge in [-0.3, -0.25) is 4.68 Å². The molecule has 0 saturated heterocycles. The maximum absolute atomic E-state index is 5.49. The maximum atomic E-state index is 5.49. The van der Waals surface area contributed by atoms with Crippen molar-refractivity contribution in [1.29, 1.82) is 0 Å². The largest absolute Gasteiger partial charge is 0.367 e. The fourth-order valence-corrected chi connectivity index (χ4v) is 1.08. The van der Waals surface area contributed by atoms with Gasteiger partial charge in [0.15, 0.2) is 5.82 Å². The molecule has 2 aromatic heterocycles. The number of aryl methyl sites for hydroxylation is 3. The molecule has 74 valence electrons. The van der Waals surface area contributed by atoms with Gasteiger partial charge in [0.25, 0.3) is 0 Å². The minimum absolute atomic E-state index is 0.306. The highest BCUT2D eigenvalue weighted by Crippen LogP contribution is 1.96. The summed E-state index contributed by atoms with van der Waals surface area (Å²) in [6, 6.07) is 0. The molecule has 2 heterocycles. The van der Waals surface area contributed by atoms with E-state index in [1.165, 1.54) is 4.68 Å². The number of rotatable bonds is 3. The third kappa shape index (κ3) is 1.68. The average Bonchev–Trinajstić information content (AvgIpc) is 2.72. The highest BCUT2D eigenvalue weighted by molar-refractivity contribution is 5.09. The fraction of sp³-hybridized carbons (Fsp3) is 0.500. The number of nitrogens with zero attached hydrogens (tertiary/aromatic N) is 7. The molecule has 0 aromatic carbocycles. The smallest absolute Gasteiger partial charge is 0.240 e. The molecule has 14 heavy (non-hydrogen) atoms. The summed E-state index contributed by atoms with van der Waals surface area (Å²) in [4.78, 5) is 4.07. The molecule has 0 aliphatic heterocycles. The topological polar surface area (TPSA) is 100 Å². The molecule has 0 amide bonds. The van der Waals surface area contributed by atoms with Crippen LogP contribution in [0.4, 0.5) is 5.95 Å². The van der Waals surface area contributed by atoms with Crippen molar-refractivity contribution in [3.8, 4) is 0 Å². The van der Waals surface area contributed by atoms with Crippen LogP contribution in [-0.2, 0) is 20.0 Å². The van der Waals surface area contributed by atoms with Gasteiger partial charge in [-0.05, 0) is 10.4 Å². The zero-order valence-corrected chi connectivity index (χ0v) is 7.70. The molecule has 0 spiro atoms. The Balaban J connectivity index is 1.98. The first-order valence-corrected chi connectivity index (χ1v) is 4.12. The summed E-state index contributed by atoms with van der Waals surface area (Å²) >= 11 is 0. The van der Waals surface area contributed by atoms with Crippen molar-refractivity contribution in [3.63, 3.8) is 0 Å². The SMILES string of the molecule is Cn1cnc(CCn2nnnc2N)n1. The molecular weight excluding hydrogens is 184 g/mol. The van der Waals surface area contributed by atoms with E-state index in [0.29, 0.717) is 18.9 Å². The van der Waals surface area contributed by atoms with Crippen LogP contribution in [0.25, 0.3) is 0 Å². The van der Waals surface area contributed by atoms with E-state index in [1.54, 1.807) is 11.0 Å². The molecule has 0 radical (unpaired) electrons. The zero-order chi connectivity index (χ0) is 9.97. The molecule has 0 aliphatic carbocycles. The quantitative estimate of drug-likeness (QED) is 0.646. The Bertz CT molecular complexity index is 415. The minimum Gasteiger partial charge on any atom is -0.367 e. The van der Waals surface area contributed by atoms with Crippen LogP contribution >= 0.6 is 0 Å². The Kier molecular flexibility index (Phi) is 2.09. The molecule has 0 saturated carbocycles. The number of anilines is 1. The van der Waals surface area contributed by atoms with E-state index in [2.05, 4.69) is 25.6 Å². The average molecular weight is 194 g/mol. The normalized spacial score (nSPS) is 10.6. The predicted molar refractivity (Wildman–Crippen MR) is 46.9 cm³/mol. The summed E-state index contributed by atoms with van der Waals surface area (Å²) < 4.78 is 3.16. The molecule has 0 fully saturated rings. The van der Waals surface area contributed by atoms with E-state index in [-0.39, 0.29) is 0 Å². The number of tetrazole rings is 1. The van der Waals surface area contributed by atoms with Crippen LogP contribution < -0.4 is 5.73 Å². The van der Waals surface area contributed by atoms with Gasteiger partial charge in [-0.1, -0.05) is 5.10 Å². The van der Waals surface area contributed by atoms with E-state index in [4.69, 9.17) is 5.73 Å². The third-order valence-corrected chi connectivity index (χ3v) is 1.75. The lowest BCUT2D eigenvalue weighted by Crippen LogP contribution is -2.08. The Morgan fingerprint density at radius 3 is 2.93 bits per heavy atom. The zero-order valence-electron chi connectivity index (χ0n) is 7.70. The Morgan fingerprint density at radius 1 is 1.50 bits per heavy atom.